The monoisotopic (exact) mass is 248 g/mol. The molecular formula is C14H20N2O2. The van der Waals surface area contributed by atoms with Crippen LogP contribution in [0.2, 0.25) is 0 Å². The minimum absolute atomic E-state index is 0.154. The molecular weight excluding hydrogens is 228 g/mol. The Morgan fingerprint density at radius 1 is 1.22 bits per heavy atom. The lowest BCUT2D eigenvalue weighted by atomic mass is 10.0. The molecule has 1 aliphatic rings. The van der Waals surface area contributed by atoms with Crippen molar-refractivity contribution in [2.75, 3.05) is 11.9 Å². The van der Waals surface area contributed by atoms with Gasteiger partial charge in [0, 0.05) is 24.4 Å². The van der Waals surface area contributed by atoms with Crippen molar-refractivity contribution in [3.8, 4) is 0 Å². The van der Waals surface area contributed by atoms with Gasteiger partial charge in [0.2, 0.25) is 0 Å². The number of non-ortho nitro benzene ring substituents is 1. The van der Waals surface area contributed by atoms with E-state index in [0.29, 0.717) is 5.92 Å². The number of nitrogens with one attached hydrogen (secondary N) is 1. The SMILES string of the molecule is O=[N+]([O-])c1cccc(NCC2CCCCCC2)c1. The summed E-state index contributed by atoms with van der Waals surface area (Å²) in [4.78, 5) is 10.3. The minimum Gasteiger partial charge on any atom is -0.385 e. The van der Waals surface area contributed by atoms with Gasteiger partial charge in [-0.1, -0.05) is 31.7 Å². The number of nitro benzene ring substituents is 1. The Labute approximate surface area is 108 Å². The maximum absolute atomic E-state index is 10.7. The molecule has 1 aromatic carbocycles. The van der Waals surface area contributed by atoms with Gasteiger partial charge in [0.15, 0.2) is 0 Å². The van der Waals surface area contributed by atoms with Gasteiger partial charge in [0.1, 0.15) is 0 Å². The van der Waals surface area contributed by atoms with E-state index in [1.807, 2.05) is 6.07 Å². The molecule has 0 radical (unpaired) electrons. The highest BCUT2D eigenvalue weighted by molar-refractivity contribution is 5.50. The molecule has 1 aromatic rings. The first-order chi connectivity index (χ1) is 8.75. The van der Waals surface area contributed by atoms with Crippen LogP contribution in [0.3, 0.4) is 0 Å². The van der Waals surface area contributed by atoms with Crippen molar-refractivity contribution in [2.45, 2.75) is 38.5 Å². The Morgan fingerprint density at radius 3 is 2.61 bits per heavy atom. The lowest BCUT2D eigenvalue weighted by Gasteiger charge is -2.15. The molecule has 0 atom stereocenters. The summed E-state index contributed by atoms with van der Waals surface area (Å²) >= 11 is 0. The number of anilines is 1. The average Bonchev–Trinajstić information content (AvgIpc) is 2.65. The Kier molecular flexibility index (Phi) is 4.56. The molecule has 1 aliphatic carbocycles. The van der Waals surface area contributed by atoms with Crippen LogP contribution in [-0.4, -0.2) is 11.5 Å². The van der Waals surface area contributed by atoms with E-state index >= 15 is 0 Å². The molecule has 0 amide bonds. The average molecular weight is 248 g/mol. The van der Waals surface area contributed by atoms with Crippen LogP contribution < -0.4 is 5.32 Å². The molecule has 2 rings (SSSR count). The standard InChI is InChI=1S/C14H20N2O2/c17-16(18)14-9-5-8-13(10-14)15-11-12-6-3-1-2-4-7-12/h5,8-10,12,15H,1-4,6-7,11H2. The number of nitro groups is 1. The summed E-state index contributed by atoms with van der Waals surface area (Å²) in [6.45, 7) is 0.932. The normalized spacial score (nSPS) is 17.1. The minimum atomic E-state index is -0.350. The number of nitrogens with zero attached hydrogens (tertiary/aromatic N) is 1. The summed E-state index contributed by atoms with van der Waals surface area (Å²) in [7, 11) is 0. The van der Waals surface area contributed by atoms with Gasteiger partial charge in [-0.05, 0) is 24.8 Å². The Hall–Kier alpha value is -1.58. The van der Waals surface area contributed by atoms with Crippen molar-refractivity contribution in [2.24, 2.45) is 5.92 Å². The zero-order valence-corrected chi connectivity index (χ0v) is 10.6. The fraction of sp³-hybridized carbons (Fsp3) is 0.571. The first kappa shape index (κ1) is 12.9. The Balaban J connectivity index is 1.88. The molecule has 4 heteroatoms. The lowest BCUT2D eigenvalue weighted by Crippen LogP contribution is -2.13. The molecule has 4 nitrogen and oxygen atoms in total. The van der Waals surface area contributed by atoms with Crippen LogP contribution in [0.5, 0.6) is 0 Å². The molecule has 0 aliphatic heterocycles. The first-order valence-corrected chi connectivity index (χ1v) is 6.74. The number of hydrogen-bond donors (Lipinski definition) is 1. The van der Waals surface area contributed by atoms with E-state index in [2.05, 4.69) is 5.32 Å². The second-order valence-electron chi connectivity index (χ2n) is 5.05. The van der Waals surface area contributed by atoms with Crippen LogP contribution in [0, 0.1) is 16.0 Å². The van der Waals surface area contributed by atoms with Crippen molar-refractivity contribution < 1.29 is 4.92 Å². The van der Waals surface area contributed by atoms with Crippen molar-refractivity contribution in [1.82, 2.24) is 0 Å². The highest BCUT2D eigenvalue weighted by Gasteiger charge is 2.12. The fourth-order valence-electron chi connectivity index (χ4n) is 2.56. The van der Waals surface area contributed by atoms with Crippen molar-refractivity contribution in [3.63, 3.8) is 0 Å². The van der Waals surface area contributed by atoms with Crippen LogP contribution >= 0.6 is 0 Å². The van der Waals surface area contributed by atoms with Crippen LogP contribution in [0.4, 0.5) is 11.4 Å². The van der Waals surface area contributed by atoms with Gasteiger partial charge >= 0.3 is 0 Å². The smallest absolute Gasteiger partial charge is 0.271 e. The van der Waals surface area contributed by atoms with Gasteiger partial charge in [0.05, 0.1) is 4.92 Å². The van der Waals surface area contributed by atoms with Gasteiger partial charge in [0.25, 0.3) is 5.69 Å². The maximum atomic E-state index is 10.7. The van der Waals surface area contributed by atoms with Gasteiger partial charge in [-0.15, -0.1) is 0 Å². The topological polar surface area (TPSA) is 55.2 Å². The third-order valence-electron chi connectivity index (χ3n) is 3.63. The molecule has 18 heavy (non-hydrogen) atoms. The molecule has 1 N–H and O–H groups in total. The summed E-state index contributed by atoms with van der Waals surface area (Å²) < 4.78 is 0. The van der Waals surface area contributed by atoms with E-state index in [9.17, 15) is 10.1 Å². The molecule has 0 heterocycles. The van der Waals surface area contributed by atoms with E-state index < -0.39 is 0 Å². The molecule has 98 valence electrons. The summed E-state index contributed by atoms with van der Waals surface area (Å²) in [6.07, 6.45) is 7.91. The van der Waals surface area contributed by atoms with E-state index in [-0.39, 0.29) is 10.6 Å². The molecule has 1 saturated carbocycles. The Bertz CT molecular complexity index is 399. The van der Waals surface area contributed by atoms with Gasteiger partial charge in [-0.3, -0.25) is 10.1 Å². The van der Waals surface area contributed by atoms with Crippen molar-refractivity contribution in [1.29, 1.82) is 0 Å². The number of benzene rings is 1. The van der Waals surface area contributed by atoms with Crippen molar-refractivity contribution >= 4 is 11.4 Å². The second-order valence-corrected chi connectivity index (χ2v) is 5.05. The molecule has 0 unspecified atom stereocenters. The van der Waals surface area contributed by atoms with Gasteiger partial charge < -0.3 is 5.32 Å². The predicted molar refractivity (Wildman–Crippen MR) is 72.8 cm³/mol. The van der Waals surface area contributed by atoms with E-state index in [0.717, 1.165) is 12.2 Å². The van der Waals surface area contributed by atoms with Crippen molar-refractivity contribution in [3.05, 3.63) is 34.4 Å². The predicted octanol–water partition coefficient (Wildman–Crippen LogP) is 3.98. The molecule has 0 saturated heterocycles. The quantitative estimate of drug-likeness (QED) is 0.498. The first-order valence-electron chi connectivity index (χ1n) is 6.74. The van der Waals surface area contributed by atoms with Gasteiger partial charge in [-0.25, -0.2) is 0 Å². The summed E-state index contributed by atoms with van der Waals surface area (Å²) in [6, 6.07) is 6.75. The number of rotatable bonds is 4. The summed E-state index contributed by atoms with van der Waals surface area (Å²) in [5, 5.41) is 14.0. The second kappa shape index (κ2) is 6.38. The molecule has 0 spiro atoms. The Morgan fingerprint density at radius 2 is 1.94 bits per heavy atom. The zero-order valence-electron chi connectivity index (χ0n) is 10.6. The molecule has 0 aromatic heterocycles. The van der Waals surface area contributed by atoms with Gasteiger partial charge in [-0.2, -0.15) is 0 Å². The lowest BCUT2D eigenvalue weighted by molar-refractivity contribution is -0.384. The molecule has 0 bridgehead atoms. The summed E-state index contributed by atoms with van der Waals surface area (Å²) in [5.41, 5.74) is 1.01. The van der Waals surface area contributed by atoms with Crippen LogP contribution in [0.25, 0.3) is 0 Å². The van der Waals surface area contributed by atoms with E-state index in [1.165, 1.54) is 44.6 Å². The van der Waals surface area contributed by atoms with E-state index in [1.54, 1.807) is 12.1 Å². The number of hydrogen-bond acceptors (Lipinski definition) is 3. The van der Waals surface area contributed by atoms with Crippen LogP contribution in [-0.2, 0) is 0 Å². The van der Waals surface area contributed by atoms with E-state index in [4.69, 9.17) is 0 Å². The molecule has 1 fully saturated rings. The highest BCUT2D eigenvalue weighted by atomic mass is 16.6. The third kappa shape index (κ3) is 3.72. The van der Waals surface area contributed by atoms with Crippen LogP contribution in [0.15, 0.2) is 24.3 Å². The zero-order chi connectivity index (χ0) is 12.8. The highest BCUT2D eigenvalue weighted by Crippen LogP contribution is 2.24. The maximum Gasteiger partial charge on any atom is 0.271 e. The third-order valence-corrected chi connectivity index (χ3v) is 3.63. The fourth-order valence-corrected chi connectivity index (χ4v) is 2.56. The van der Waals surface area contributed by atoms with Crippen LogP contribution in [0.1, 0.15) is 38.5 Å². The summed E-state index contributed by atoms with van der Waals surface area (Å²) in [5.74, 6) is 0.715. The largest absolute Gasteiger partial charge is 0.385 e.